The summed E-state index contributed by atoms with van der Waals surface area (Å²) in [5, 5.41) is 17.9. The quantitative estimate of drug-likeness (QED) is 0.0840. The van der Waals surface area contributed by atoms with Gasteiger partial charge in [-0.3, -0.25) is 24.2 Å². The number of nitrogens with zero attached hydrogens (tertiary/aromatic N) is 1. The maximum absolute atomic E-state index is 13.4. The van der Waals surface area contributed by atoms with E-state index in [9.17, 15) is 24.3 Å². The number of hydrogen-bond donors (Lipinski definition) is 8. The van der Waals surface area contributed by atoms with Crippen LogP contribution in [0, 0.1) is 5.92 Å². The van der Waals surface area contributed by atoms with E-state index >= 15 is 0 Å². The SMILES string of the molecule is CCC(C)C(N)C(=O)NC(CCCN=C(N)N)C(=O)NC(Cc1c[nH]c2ccccc12)C(=O)NC(C)C(=O)O. The fourth-order valence-corrected chi connectivity index (χ4v) is 3.93. The minimum absolute atomic E-state index is 0.0783. The molecule has 0 saturated carbocycles. The molecule has 11 N–H and O–H groups in total. The standard InChI is InChI=1S/C26H40N8O5/c1-4-14(2)21(27)24(37)33-19(10-7-11-30-26(28)29)22(35)34-20(23(36)32-15(3)25(38)39)12-16-13-31-18-9-6-5-8-17(16)18/h5-6,8-9,13-15,19-21,31H,4,7,10-12,27H2,1-3H3,(H,32,36)(H,33,37)(H,34,35)(H,38,39)(H4,28,29,30). The summed E-state index contributed by atoms with van der Waals surface area (Å²) >= 11 is 0. The van der Waals surface area contributed by atoms with Crippen molar-refractivity contribution in [2.24, 2.45) is 28.1 Å². The molecule has 0 aliphatic carbocycles. The van der Waals surface area contributed by atoms with Gasteiger partial charge in [-0.1, -0.05) is 38.5 Å². The third kappa shape index (κ3) is 9.28. The van der Waals surface area contributed by atoms with E-state index in [0.717, 1.165) is 16.5 Å². The zero-order valence-corrected chi connectivity index (χ0v) is 22.6. The van der Waals surface area contributed by atoms with Crippen LogP contribution in [0.2, 0.25) is 0 Å². The normalized spacial score (nSPS) is 14.9. The van der Waals surface area contributed by atoms with Crippen LogP contribution in [0.5, 0.6) is 0 Å². The Balaban J connectivity index is 2.29. The minimum Gasteiger partial charge on any atom is -0.480 e. The summed E-state index contributed by atoms with van der Waals surface area (Å²) in [5.74, 6) is -3.22. The monoisotopic (exact) mass is 544 g/mol. The van der Waals surface area contributed by atoms with Gasteiger partial charge in [0.25, 0.3) is 0 Å². The number of carboxylic acids is 1. The highest BCUT2D eigenvalue weighted by atomic mass is 16.4. The fourth-order valence-electron chi connectivity index (χ4n) is 3.93. The van der Waals surface area contributed by atoms with Crippen molar-refractivity contribution >= 4 is 40.6 Å². The molecule has 0 radical (unpaired) electrons. The lowest BCUT2D eigenvalue weighted by molar-refractivity contribution is -0.141. The molecule has 0 saturated heterocycles. The van der Waals surface area contributed by atoms with Crippen LogP contribution >= 0.6 is 0 Å². The third-order valence-corrected chi connectivity index (χ3v) is 6.60. The van der Waals surface area contributed by atoms with Crippen LogP contribution in [-0.2, 0) is 25.6 Å². The minimum atomic E-state index is -1.22. The number of rotatable bonds is 15. The number of aromatic amines is 1. The molecule has 39 heavy (non-hydrogen) atoms. The average molecular weight is 545 g/mol. The number of nitrogens with one attached hydrogen (secondary N) is 4. The second-order valence-corrected chi connectivity index (χ2v) is 9.61. The van der Waals surface area contributed by atoms with Crippen molar-refractivity contribution in [1.29, 1.82) is 0 Å². The van der Waals surface area contributed by atoms with Gasteiger partial charge in [-0.15, -0.1) is 0 Å². The van der Waals surface area contributed by atoms with Crippen molar-refractivity contribution in [2.75, 3.05) is 6.54 Å². The molecule has 0 spiro atoms. The molecule has 0 fully saturated rings. The Morgan fingerprint density at radius 1 is 1.00 bits per heavy atom. The van der Waals surface area contributed by atoms with Gasteiger partial charge in [-0.2, -0.15) is 0 Å². The number of amides is 3. The smallest absolute Gasteiger partial charge is 0.325 e. The molecular weight excluding hydrogens is 504 g/mol. The van der Waals surface area contributed by atoms with E-state index in [1.807, 2.05) is 38.1 Å². The predicted octanol–water partition coefficient (Wildman–Crippen LogP) is -0.304. The van der Waals surface area contributed by atoms with Crippen molar-refractivity contribution in [3.8, 4) is 0 Å². The number of H-pyrrole nitrogens is 1. The summed E-state index contributed by atoms with van der Waals surface area (Å²) in [4.78, 5) is 57.7. The van der Waals surface area contributed by atoms with Gasteiger partial charge in [0.05, 0.1) is 6.04 Å². The Morgan fingerprint density at radius 3 is 2.28 bits per heavy atom. The number of carbonyl (C=O) groups is 4. The summed E-state index contributed by atoms with van der Waals surface area (Å²) in [7, 11) is 0. The molecule has 3 amide bonds. The molecule has 2 aromatic rings. The van der Waals surface area contributed by atoms with Crippen LogP contribution < -0.4 is 33.2 Å². The van der Waals surface area contributed by atoms with Crippen LogP contribution in [0.1, 0.15) is 45.6 Å². The van der Waals surface area contributed by atoms with Crippen LogP contribution in [-0.4, -0.2) is 70.5 Å². The number of fused-ring (bicyclic) bond motifs is 1. The molecule has 214 valence electrons. The molecule has 0 bridgehead atoms. The molecule has 0 aliphatic rings. The molecule has 2 rings (SSSR count). The molecule has 0 aliphatic heterocycles. The second kappa shape index (κ2) is 14.7. The second-order valence-electron chi connectivity index (χ2n) is 9.61. The predicted molar refractivity (Wildman–Crippen MR) is 148 cm³/mol. The number of carbonyl (C=O) groups excluding carboxylic acids is 3. The molecule has 1 aromatic heterocycles. The van der Waals surface area contributed by atoms with Crippen molar-refractivity contribution in [3.63, 3.8) is 0 Å². The first-order valence-electron chi connectivity index (χ1n) is 12.9. The maximum atomic E-state index is 13.4. The lowest BCUT2D eigenvalue weighted by Gasteiger charge is -2.26. The zero-order chi connectivity index (χ0) is 29.1. The highest BCUT2D eigenvalue weighted by molar-refractivity contribution is 5.94. The average Bonchev–Trinajstić information content (AvgIpc) is 3.31. The Hall–Kier alpha value is -4.13. The highest BCUT2D eigenvalue weighted by Gasteiger charge is 2.30. The summed E-state index contributed by atoms with van der Waals surface area (Å²) in [5.41, 5.74) is 18.4. The van der Waals surface area contributed by atoms with Gasteiger partial charge in [0.2, 0.25) is 17.7 Å². The van der Waals surface area contributed by atoms with Gasteiger partial charge in [0, 0.05) is 30.1 Å². The van der Waals surface area contributed by atoms with Gasteiger partial charge < -0.3 is 43.2 Å². The van der Waals surface area contributed by atoms with Crippen LogP contribution in [0.3, 0.4) is 0 Å². The molecule has 13 heteroatoms. The van der Waals surface area contributed by atoms with E-state index in [2.05, 4.69) is 25.9 Å². The molecule has 1 heterocycles. The maximum Gasteiger partial charge on any atom is 0.325 e. The lowest BCUT2D eigenvalue weighted by atomic mass is 9.98. The van der Waals surface area contributed by atoms with Gasteiger partial charge in [-0.25, -0.2) is 0 Å². The van der Waals surface area contributed by atoms with E-state index in [1.54, 1.807) is 6.20 Å². The molecular formula is C26H40N8O5. The summed E-state index contributed by atoms with van der Waals surface area (Å²) in [6.45, 7) is 5.30. The van der Waals surface area contributed by atoms with E-state index in [-0.39, 0.29) is 31.3 Å². The first-order valence-corrected chi connectivity index (χ1v) is 12.9. The van der Waals surface area contributed by atoms with Crippen LogP contribution in [0.4, 0.5) is 0 Å². The lowest BCUT2D eigenvalue weighted by Crippen LogP contribution is -2.57. The van der Waals surface area contributed by atoms with Crippen molar-refractivity contribution in [1.82, 2.24) is 20.9 Å². The number of hydrogen-bond acceptors (Lipinski definition) is 6. The number of benzene rings is 1. The van der Waals surface area contributed by atoms with E-state index < -0.39 is 47.9 Å². The van der Waals surface area contributed by atoms with Gasteiger partial charge in [0.15, 0.2) is 5.96 Å². The van der Waals surface area contributed by atoms with Gasteiger partial charge in [-0.05, 0) is 37.3 Å². The Labute approximate surface area is 227 Å². The number of para-hydroxylation sites is 1. The van der Waals surface area contributed by atoms with E-state index in [1.165, 1.54) is 6.92 Å². The van der Waals surface area contributed by atoms with E-state index in [0.29, 0.717) is 12.8 Å². The van der Waals surface area contributed by atoms with Crippen molar-refractivity contribution in [2.45, 2.75) is 70.6 Å². The zero-order valence-electron chi connectivity index (χ0n) is 22.6. The highest BCUT2D eigenvalue weighted by Crippen LogP contribution is 2.19. The first-order chi connectivity index (χ1) is 18.4. The Bertz CT molecular complexity index is 1180. The van der Waals surface area contributed by atoms with Crippen molar-refractivity contribution in [3.05, 3.63) is 36.0 Å². The number of nitrogens with two attached hydrogens (primary N) is 3. The first kappa shape index (κ1) is 31.1. The summed E-state index contributed by atoms with van der Waals surface area (Å²) in [6, 6.07) is 3.30. The number of aliphatic imine (C=N–C) groups is 1. The molecule has 5 unspecified atom stereocenters. The van der Waals surface area contributed by atoms with Crippen LogP contribution in [0.15, 0.2) is 35.5 Å². The fraction of sp³-hybridized carbons (Fsp3) is 0.500. The number of aliphatic carboxylic acids is 1. The summed E-state index contributed by atoms with van der Waals surface area (Å²) in [6.07, 6.45) is 3.02. The van der Waals surface area contributed by atoms with E-state index in [4.69, 9.17) is 17.2 Å². The number of guanidine groups is 1. The number of carboxylic acid groups (broad SMARTS) is 1. The molecule has 5 atom stereocenters. The largest absolute Gasteiger partial charge is 0.480 e. The topological polar surface area (TPSA) is 231 Å². The van der Waals surface area contributed by atoms with Crippen LogP contribution in [0.25, 0.3) is 10.9 Å². The number of aromatic nitrogens is 1. The summed E-state index contributed by atoms with van der Waals surface area (Å²) < 4.78 is 0. The third-order valence-electron chi connectivity index (χ3n) is 6.60. The Kier molecular flexibility index (Phi) is 11.7. The molecule has 1 aromatic carbocycles. The molecule has 13 nitrogen and oxygen atoms in total. The van der Waals surface area contributed by atoms with Gasteiger partial charge >= 0.3 is 5.97 Å². The Morgan fingerprint density at radius 2 is 1.64 bits per heavy atom. The van der Waals surface area contributed by atoms with Gasteiger partial charge in [0.1, 0.15) is 18.1 Å². The van der Waals surface area contributed by atoms with Crippen molar-refractivity contribution < 1.29 is 24.3 Å².